The van der Waals surface area contributed by atoms with Crippen molar-refractivity contribution in [1.29, 1.82) is 0 Å². The first-order valence-electron chi connectivity index (χ1n) is 12.5. The van der Waals surface area contributed by atoms with Gasteiger partial charge in [0.25, 0.3) is 0 Å². The van der Waals surface area contributed by atoms with E-state index in [0.717, 1.165) is 0 Å². The maximum absolute atomic E-state index is 13.6. The van der Waals surface area contributed by atoms with Crippen LogP contribution in [-0.2, 0) is 25.3 Å². The predicted octanol–water partition coefficient (Wildman–Crippen LogP) is 4.75. The number of anilines is 2. The van der Waals surface area contributed by atoms with Crippen molar-refractivity contribution in [2.24, 2.45) is 0 Å². The minimum absolute atomic E-state index is 0.199. The second kappa shape index (κ2) is 13.4. The molecule has 0 fully saturated rings. The van der Waals surface area contributed by atoms with Crippen molar-refractivity contribution < 1.29 is 27.1 Å². The number of hydrogen-bond acceptors (Lipinski definition) is 9. The summed E-state index contributed by atoms with van der Waals surface area (Å²) in [6, 6.07) is 11.0. The largest absolute Gasteiger partial charge is 0.496 e. The third-order valence-electron chi connectivity index (χ3n) is 5.32. The number of rotatable bonds is 13. The summed E-state index contributed by atoms with van der Waals surface area (Å²) in [5, 5.41) is 3.05. The number of benzene rings is 2. The number of nitrogens with zero attached hydrogens (tertiary/aromatic N) is 3. The highest BCUT2D eigenvalue weighted by atomic mass is 32.2. The van der Waals surface area contributed by atoms with Crippen molar-refractivity contribution in [2.75, 3.05) is 19.0 Å². The Bertz CT molecular complexity index is 1380. The van der Waals surface area contributed by atoms with Gasteiger partial charge in [-0.3, -0.25) is 4.79 Å². The molecule has 39 heavy (non-hydrogen) atoms. The minimum atomic E-state index is -3.56. The van der Waals surface area contributed by atoms with E-state index in [4.69, 9.17) is 9.47 Å². The van der Waals surface area contributed by atoms with Gasteiger partial charge in [0.2, 0.25) is 16.0 Å². The normalized spacial score (nSPS) is 11.7. The maximum atomic E-state index is 13.6. The molecule has 0 bridgehead atoms. The molecule has 210 valence electrons. The summed E-state index contributed by atoms with van der Waals surface area (Å²) < 4.78 is 51.8. The van der Waals surface area contributed by atoms with Crippen LogP contribution in [0.15, 0.2) is 48.8 Å². The molecule has 0 aliphatic rings. The summed E-state index contributed by atoms with van der Waals surface area (Å²) >= 11 is 0. The van der Waals surface area contributed by atoms with Gasteiger partial charge in [0.15, 0.2) is 5.82 Å². The lowest BCUT2D eigenvalue weighted by Crippen LogP contribution is -2.26. The quantitative estimate of drug-likeness (QED) is 0.225. The van der Waals surface area contributed by atoms with Crippen molar-refractivity contribution in [1.82, 2.24) is 19.7 Å². The van der Waals surface area contributed by atoms with Crippen LogP contribution in [0.3, 0.4) is 0 Å². The van der Waals surface area contributed by atoms with Crippen molar-refractivity contribution in [3.8, 4) is 17.1 Å². The smallest absolute Gasteiger partial charge is 0.306 e. The van der Waals surface area contributed by atoms with Crippen LogP contribution in [-0.4, -0.2) is 48.6 Å². The highest BCUT2D eigenvalue weighted by Crippen LogP contribution is 2.28. The fourth-order valence-electron chi connectivity index (χ4n) is 3.67. The lowest BCUT2D eigenvalue weighted by molar-refractivity contribution is -0.154. The molecule has 0 radical (unpaired) electrons. The van der Waals surface area contributed by atoms with Gasteiger partial charge >= 0.3 is 5.97 Å². The summed E-state index contributed by atoms with van der Waals surface area (Å²) in [5.74, 6) is -0.0814. The van der Waals surface area contributed by atoms with E-state index in [1.54, 1.807) is 24.3 Å². The van der Waals surface area contributed by atoms with Crippen LogP contribution in [0.25, 0.3) is 11.4 Å². The van der Waals surface area contributed by atoms with E-state index in [-0.39, 0.29) is 30.0 Å². The zero-order chi connectivity index (χ0) is 28.5. The molecule has 0 aliphatic heterocycles. The SMILES string of the molecule is COc1cc(F)ccc1-c1ncnc(Nc2cccc(CS(=O)(=O)NCCCCCC(=O)OC(C)(C)C)c2)n1. The van der Waals surface area contributed by atoms with Crippen LogP contribution in [0, 0.1) is 5.82 Å². The molecule has 3 rings (SSSR count). The average molecular weight is 560 g/mol. The number of ether oxygens (including phenoxy) is 2. The molecule has 0 saturated carbocycles. The molecule has 0 unspecified atom stereocenters. The molecule has 1 aromatic heterocycles. The Morgan fingerprint density at radius 3 is 2.59 bits per heavy atom. The topological polar surface area (TPSA) is 132 Å². The van der Waals surface area contributed by atoms with Gasteiger partial charge in [-0.15, -0.1) is 0 Å². The molecule has 3 aromatic rings. The van der Waals surface area contributed by atoms with Crippen molar-refractivity contribution >= 4 is 27.6 Å². The Hall–Kier alpha value is -3.64. The number of methoxy groups -OCH3 is 1. The number of hydrogen-bond donors (Lipinski definition) is 2. The van der Waals surface area contributed by atoms with Crippen LogP contribution in [0.4, 0.5) is 16.0 Å². The predicted molar refractivity (Wildman–Crippen MR) is 146 cm³/mol. The standard InChI is InChI=1S/C27H34FN5O5S/c1-27(2,3)38-24(34)11-6-5-7-14-31-39(35,36)17-19-9-8-10-21(15-19)32-26-30-18-29-25(33-26)22-13-12-20(28)16-23(22)37-4/h8-10,12-13,15-16,18,31H,5-7,11,14,17H2,1-4H3,(H,29,30,32,33). The van der Waals surface area contributed by atoms with E-state index in [9.17, 15) is 17.6 Å². The van der Waals surface area contributed by atoms with Gasteiger partial charge < -0.3 is 14.8 Å². The van der Waals surface area contributed by atoms with E-state index in [1.807, 2.05) is 20.8 Å². The maximum Gasteiger partial charge on any atom is 0.306 e. The molecule has 0 aliphatic carbocycles. The van der Waals surface area contributed by atoms with Crippen LogP contribution >= 0.6 is 0 Å². The lowest BCUT2D eigenvalue weighted by atomic mass is 10.1. The number of sulfonamides is 1. The first-order valence-corrected chi connectivity index (χ1v) is 14.2. The highest BCUT2D eigenvalue weighted by molar-refractivity contribution is 7.88. The summed E-state index contributed by atoms with van der Waals surface area (Å²) in [7, 11) is -2.13. The number of carbonyl (C=O) groups excluding carboxylic acids is 1. The van der Waals surface area contributed by atoms with Crippen molar-refractivity contribution in [2.45, 2.75) is 57.8 Å². The van der Waals surface area contributed by atoms with Crippen LogP contribution < -0.4 is 14.8 Å². The minimum Gasteiger partial charge on any atom is -0.496 e. The first-order chi connectivity index (χ1) is 18.4. The summed E-state index contributed by atoms with van der Waals surface area (Å²) in [6.07, 6.45) is 3.59. The molecule has 2 aromatic carbocycles. The molecule has 12 heteroatoms. The lowest BCUT2D eigenvalue weighted by Gasteiger charge is -2.19. The number of esters is 1. The fraction of sp³-hybridized carbons (Fsp3) is 0.407. The molecule has 0 saturated heterocycles. The molecule has 0 spiro atoms. The summed E-state index contributed by atoms with van der Waals surface area (Å²) in [4.78, 5) is 24.4. The second-order valence-electron chi connectivity index (χ2n) is 9.85. The third-order valence-corrected chi connectivity index (χ3v) is 6.67. The molecular formula is C27H34FN5O5S. The second-order valence-corrected chi connectivity index (χ2v) is 11.7. The van der Waals surface area contributed by atoms with Crippen LogP contribution in [0.1, 0.15) is 52.0 Å². The summed E-state index contributed by atoms with van der Waals surface area (Å²) in [5.41, 5.74) is 1.16. The Morgan fingerprint density at radius 1 is 1.05 bits per heavy atom. The number of unbranched alkanes of at least 4 members (excludes halogenated alkanes) is 2. The number of halogens is 1. The summed E-state index contributed by atoms with van der Waals surface area (Å²) in [6.45, 7) is 5.75. The average Bonchev–Trinajstić information content (AvgIpc) is 2.85. The molecule has 0 atom stereocenters. The van der Waals surface area contributed by atoms with Crippen molar-refractivity contribution in [3.63, 3.8) is 0 Å². The van der Waals surface area contributed by atoms with Crippen molar-refractivity contribution in [3.05, 3.63) is 60.2 Å². The molecule has 2 N–H and O–H groups in total. The zero-order valence-electron chi connectivity index (χ0n) is 22.5. The Morgan fingerprint density at radius 2 is 1.85 bits per heavy atom. The number of carbonyl (C=O) groups is 1. The van der Waals surface area contributed by atoms with Gasteiger partial charge in [-0.2, -0.15) is 4.98 Å². The van der Waals surface area contributed by atoms with E-state index in [2.05, 4.69) is 25.0 Å². The molecule has 1 heterocycles. The van der Waals surface area contributed by atoms with E-state index in [0.29, 0.717) is 48.3 Å². The molecular weight excluding hydrogens is 525 g/mol. The van der Waals surface area contributed by atoms with Gasteiger partial charge in [-0.05, 0) is 63.4 Å². The Balaban J connectivity index is 1.53. The highest BCUT2D eigenvalue weighted by Gasteiger charge is 2.16. The van der Waals surface area contributed by atoms with Gasteiger partial charge in [-0.1, -0.05) is 18.6 Å². The van der Waals surface area contributed by atoms with Gasteiger partial charge in [0.1, 0.15) is 23.5 Å². The van der Waals surface area contributed by atoms with Crippen LogP contribution in [0.2, 0.25) is 0 Å². The van der Waals surface area contributed by atoms with E-state index in [1.165, 1.54) is 31.6 Å². The molecule has 10 nitrogen and oxygen atoms in total. The molecule has 0 amide bonds. The number of aromatic nitrogens is 3. The Labute approximate surface area is 228 Å². The third kappa shape index (κ3) is 10.2. The van der Waals surface area contributed by atoms with Crippen LogP contribution in [0.5, 0.6) is 5.75 Å². The van der Waals surface area contributed by atoms with E-state index >= 15 is 0 Å². The van der Waals surface area contributed by atoms with Gasteiger partial charge in [0.05, 0.1) is 18.4 Å². The number of nitrogens with one attached hydrogen (secondary N) is 2. The van der Waals surface area contributed by atoms with Gasteiger partial charge in [0, 0.05) is 24.7 Å². The van der Waals surface area contributed by atoms with Gasteiger partial charge in [-0.25, -0.2) is 27.5 Å². The first kappa shape index (κ1) is 29.9. The zero-order valence-corrected chi connectivity index (χ0v) is 23.3. The Kier molecular flexibility index (Phi) is 10.3. The monoisotopic (exact) mass is 559 g/mol. The fourth-order valence-corrected chi connectivity index (χ4v) is 4.84. The van der Waals surface area contributed by atoms with E-state index < -0.39 is 21.4 Å².